The molecule has 114 valence electrons. The van der Waals surface area contributed by atoms with Crippen LogP contribution >= 0.6 is 0 Å². The van der Waals surface area contributed by atoms with Gasteiger partial charge in [-0.25, -0.2) is 9.97 Å². The summed E-state index contributed by atoms with van der Waals surface area (Å²) in [6.45, 7) is 4.23. The molecule has 0 spiro atoms. The Morgan fingerprint density at radius 2 is 1.95 bits per heavy atom. The molecule has 2 aromatic rings. The van der Waals surface area contributed by atoms with Crippen molar-refractivity contribution < 1.29 is 5.11 Å². The third-order valence-corrected chi connectivity index (χ3v) is 3.85. The van der Waals surface area contributed by atoms with Crippen molar-refractivity contribution in [1.82, 2.24) is 9.97 Å². The third kappa shape index (κ3) is 3.52. The number of anilines is 1. The molecule has 1 aliphatic rings. The molecule has 0 bridgehead atoms. The Kier molecular flexibility index (Phi) is 4.49. The molecule has 4 nitrogen and oxygen atoms in total. The number of hydrogen-bond acceptors (Lipinski definition) is 4. The number of aliphatic hydroxyl groups excluding tert-OH is 1. The van der Waals surface area contributed by atoms with Crippen LogP contribution in [0.5, 0.6) is 0 Å². The molecule has 1 aromatic carbocycles. The summed E-state index contributed by atoms with van der Waals surface area (Å²) < 4.78 is 0. The van der Waals surface area contributed by atoms with Crippen LogP contribution in [0.25, 0.3) is 12.2 Å². The Labute approximate surface area is 131 Å². The van der Waals surface area contributed by atoms with Crippen LogP contribution in [-0.4, -0.2) is 28.2 Å². The molecular formula is C18H21N3O. The van der Waals surface area contributed by atoms with Crippen LogP contribution < -0.4 is 4.90 Å². The molecule has 1 aromatic heterocycles. The Morgan fingerprint density at radius 1 is 1.14 bits per heavy atom. The summed E-state index contributed by atoms with van der Waals surface area (Å²) in [6, 6.07) is 9.87. The molecule has 4 heteroatoms. The molecule has 0 saturated carbocycles. The molecular weight excluding hydrogens is 274 g/mol. The van der Waals surface area contributed by atoms with E-state index >= 15 is 0 Å². The zero-order chi connectivity index (χ0) is 15.4. The lowest BCUT2D eigenvalue weighted by Crippen LogP contribution is -2.19. The molecule has 2 heterocycles. The van der Waals surface area contributed by atoms with Crippen LogP contribution in [0.15, 0.2) is 30.3 Å². The standard InChI is InChI=1S/C18H21N3O/c1-14-11-18(21-9-2-3-10-21)20-17(19-14)8-7-15-5-4-6-16(12-15)13-22/h4-8,11-12,22H,2-3,9-10,13H2,1H3. The number of aromatic nitrogens is 2. The van der Waals surface area contributed by atoms with E-state index < -0.39 is 0 Å². The van der Waals surface area contributed by atoms with Crippen LogP contribution in [0.2, 0.25) is 0 Å². The molecule has 1 fully saturated rings. The molecule has 0 atom stereocenters. The fourth-order valence-corrected chi connectivity index (χ4v) is 2.72. The predicted octanol–water partition coefficient (Wildman–Crippen LogP) is 3.05. The second kappa shape index (κ2) is 6.71. The van der Waals surface area contributed by atoms with Crippen LogP contribution in [-0.2, 0) is 6.61 Å². The second-order valence-electron chi connectivity index (χ2n) is 5.66. The van der Waals surface area contributed by atoms with Gasteiger partial charge >= 0.3 is 0 Å². The maximum absolute atomic E-state index is 9.19. The zero-order valence-corrected chi connectivity index (χ0v) is 12.9. The number of benzene rings is 1. The monoisotopic (exact) mass is 295 g/mol. The lowest BCUT2D eigenvalue weighted by Gasteiger charge is -2.16. The van der Waals surface area contributed by atoms with E-state index in [1.807, 2.05) is 43.3 Å². The van der Waals surface area contributed by atoms with Gasteiger partial charge < -0.3 is 10.0 Å². The highest BCUT2D eigenvalue weighted by molar-refractivity contribution is 5.67. The fraction of sp³-hybridized carbons (Fsp3) is 0.333. The summed E-state index contributed by atoms with van der Waals surface area (Å²) in [6.07, 6.45) is 6.40. The molecule has 1 saturated heterocycles. The van der Waals surface area contributed by atoms with Crippen molar-refractivity contribution in [3.8, 4) is 0 Å². The van der Waals surface area contributed by atoms with E-state index in [-0.39, 0.29) is 6.61 Å². The molecule has 1 aliphatic heterocycles. The number of aryl methyl sites for hydroxylation is 1. The normalized spacial score (nSPS) is 14.9. The van der Waals surface area contributed by atoms with Gasteiger partial charge in [0.05, 0.1) is 6.61 Å². The molecule has 0 amide bonds. The van der Waals surface area contributed by atoms with Crippen LogP contribution in [0.4, 0.5) is 5.82 Å². The molecule has 0 radical (unpaired) electrons. The summed E-state index contributed by atoms with van der Waals surface area (Å²) >= 11 is 0. The van der Waals surface area contributed by atoms with Crippen molar-refractivity contribution in [3.63, 3.8) is 0 Å². The van der Waals surface area contributed by atoms with Gasteiger partial charge in [0.25, 0.3) is 0 Å². The quantitative estimate of drug-likeness (QED) is 0.942. The average molecular weight is 295 g/mol. The van der Waals surface area contributed by atoms with Crippen molar-refractivity contribution >= 4 is 18.0 Å². The van der Waals surface area contributed by atoms with Crippen molar-refractivity contribution in [2.24, 2.45) is 0 Å². The average Bonchev–Trinajstić information content (AvgIpc) is 3.07. The Bertz CT molecular complexity index is 676. The molecule has 3 rings (SSSR count). The molecule has 0 aliphatic carbocycles. The number of aliphatic hydroxyl groups is 1. The van der Waals surface area contributed by atoms with Gasteiger partial charge in [0.15, 0.2) is 5.82 Å². The summed E-state index contributed by atoms with van der Waals surface area (Å²) in [5, 5.41) is 9.19. The van der Waals surface area contributed by atoms with Crippen molar-refractivity contribution in [1.29, 1.82) is 0 Å². The summed E-state index contributed by atoms with van der Waals surface area (Å²) in [7, 11) is 0. The van der Waals surface area contributed by atoms with E-state index in [1.54, 1.807) is 0 Å². The highest BCUT2D eigenvalue weighted by atomic mass is 16.3. The summed E-state index contributed by atoms with van der Waals surface area (Å²) in [5.74, 6) is 1.75. The SMILES string of the molecule is Cc1cc(N2CCCC2)nc(C=Cc2cccc(CO)c2)n1. The van der Waals surface area contributed by atoms with Gasteiger partial charge in [-0.3, -0.25) is 0 Å². The Morgan fingerprint density at radius 3 is 2.73 bits per heavy atom. The van der Waals surface area contributed by atoms with E-state index in [4.69, 9.17) is 0 Å². The predicted molar refractivity (Wildman–Crippen MR) is 89.5 cm³/mol. The van der Waals surface area contributed by atoms with Gasteiger partial charge in [-0.1, -0.05) is 24.3 Å². The van der Waals surface area contributed by atoms with Gasteiger partial charge in [-0.2, -0.15) is 0 Å². The van der Waals surface area contributed by atoms with E-state index in [1.165, 1.54) is 12.8 Å². The number of hydrogen-bond donors (Lipinski definition) is 1. The lowest BCUT2D eigenvalue weighted by molar-refractivity contribution is 0.282. The summed E-state index contributed by atoms with van der Waals surface area (Å²) in [5.41, 5.74) is 2.94. The highest BCUT2D eigenvalue weighted by Gasteiger charge is 2.14. The smallest absolute Gasteiger partial charge is 0.154 e. The van der Waals surface area contributed by atoms with E-state index in [9.17, 15) is 5.11 Å². The maximum Gasteiger partial charge on any atom is 0.154 e. The first-order valence-electron chi connectivity index (χ1n) is 7.73. The Balaban J connectivity index is 1.83. The van der Waals surface area contributed by atoms with Gasteiger partial charge in [-0.05, 0) is 43.0 Å². The van der Waals surface area contributed by atoms with Gasteiger partial charge in [0, 0.05) is 24.8 Å². The minimum Gasteiger partial charge on any atom is -0.392 e. The van der Waals surface area contributed by atoms with Crippen molar-refractivity contribution in [2.75, 3.05) is 18.0 Å². The van der Waals surface area contributed by atoms with Gasteiger partial charge in [-0.15, -0.1) is 0 Å². The van der Waals surface area contributed by atoms with Crippen LogP contribution in [0, 0.1) is 6.92 Å². The topological polar surface area (TPSA) is 49.2 Å². The number of nitrogens with zero attached hydrogens (tertiary/aromatic N) is 3. The highest BCUT2D eigenvalue weighted by Crippen LogP contribution is 2.19. The Hall–Kier alpha value is -2.20. The molecule has 1 N–H and O–H groups in total. The maximum atomic E-state index is 9.19. The minimum absolute atomic E-state index is 0.0573. The number of rotatable bonds is 4. The first-order chi connectivity index (χ1) is 10.7. The zero-order valence-electron chi connectivity index (χ0n) is 12.9. The van der Waals surface area contributed by atoms with E-state index in [0.29, 0.717) is 0 Å². The third-order valence-electron chi connectivity index (χ3n) is 3.85. The van der Waals surface area contributed by atoms with Gasteiger partial charge in [0.1, 0.15) is 5.82 Å². The fourth-order valence-electron chi connectivity index (χ4n) is 2.72. The van der Waals surface area contributed by atoms with E-state index in [0.717, 1.165) is 41.6 Å². The van der Waals surface area contributed by atoms with Crippen LogP contribution in [0.3, 0.4) is 0 Å². The molecule has 22 heavy (non-hydrogen) atoms. The molecule has 0 unspecified atom stereocenters. The van der Waals surface area contributed by atoms with Crippen molar-refractivity contribution in [3.05, 3.63) is 53.0 Å². The van der Waals surface area contributed by atoms with Crippen molar-refractivity contribution in [2.45, 2.75) is 26.4 Å². The lowest BCUT2D eigenvalue weighted by atomic mass is 10.1. The largest absolute Gasteiger partial charge is 0.392 e. The van der Waals surface area contributed by atoms with E-state index in [2.05, 4.69) is 20.9 Å². The second-order valence-corrected chi connectivity index (χ2v) is 5.66. The van der Waals surface area contributed by atoms with Gasteiger partial charge in [0.2, 0.25) is 0 Å². The minimum atomic E-state index is 0.0573. The summed E-state index contributed by atoms with van der Waals surface area (Å²) in [4.78, 5) is 11.5. The van der Waals surface area contributed by atoms with Crippen LogP contribution in [0.1, 0.15) is 35.5 Å². The first-order valence-corrected chi connectivity index (χ1v) is 7.73. The first kappa shape index (κ1) is 14.7.